The predicted molar refractivity (Wildman–Crippen MR) is 82.0 cm³/mol. The average Bonchev–Trinajstić information content (AvgIpc) is 3.13. The molecule has 3 rings (SSSR count). The summed E-state index contributed by atoms with van der Waals surface area (Å²) in [5.74, 6) is -1.99. The molecule has 2 bridgehead atoms. The topological polar surface area (TPSA) is 78.4 Å². The Balaban J connectivity index is 1.53. The summed E-state index contributed by atoms with van der Waals surface area (Å²) in [7, 11) is 0. The first-order valence-electron chi connectivity index (χ1n) is 8.13. The molecule has 0 spiro atoms. The van der Waals surface area contributed by atoms with Crippen molar-refractivity contribution in [3.63, 3.8) is 0 Å². The van der Waals surface area contributed by atoms with Crippen LogP contribution >= 0.6 is 0 Å². The Kier molecular flexibility index (Phi) is 4.80. The number of hydrogen-bond donors (Lipinski definition) is 3. The quantitative estimate of drug-likeness (QED) is 0.755. The molecule has 130 valence electrons. The molecule has 2 fully saturated rings. The number of aliphatic hydroxyl groups excluding tert-OH is 1. The first-order chi connectivity index (χ1) is 11.5. The summed E-state index contributed by atoms with van der Waals surface area (Å²) in [6.07, 6.45) is 3.14. The molecule has 4 unspecified atom stereocenters. The highest BCUT2D eigenvalue weighted by atomic mass is 19.1. The Morgan fingerprint density at radius 2 is 1.96 bits per heavy atom. The van der Waals surface area contributed by atoms with Crippen LogP contribution in [-0.4, -0.2) is 36.1 Å². The van der Waals surface area contributed by atoms with Crippen molar-refractivity contribution in [1.82, 2.24) is 10.6 Å². The Labute approximate surface area is 138 Å². The molecule has 4 atom stereocenters. The minimum absolute atomic E-state index is 0.0409. The fourth-order valence-electron chi connectivity index (χ4n) is 4.06. The molecule has 3 N–H and O–H groups in total. The molecule has 24 heavy (non-hydrogen) atoms. The third kappa shape index (κ3) is 3.26. The van der Waals surface area contributed by atoms with Gasteiger partial charge in [0.2, 0.25) is 5.91 Å². The number of halogens is 2. The molecule has 5 nitrogen and oxygen atoms in total. The summed E-state index contributed by atoms with van der Waals surface area (Å²) in [6.45, 7) is -0.249. The van der Waals surface area contributed by atoms with Crippen molar-refractivity contribution < 1.29 is 23.5 Å². The predicted octanol–water partition coefficient (Wildman–Crippen LogP) is 1.22. The maximum absolute atomic E-state index is 13.5. The van der Waals surface area contributed by atoms with Gasteiger partial charge >= 0.3 is 0 Å². The SMILES string of the molecule is O=C(CNC(=O)c1ccc(F)cc1F)NC1C2CCC(C2)C1CO. The number of hydrogen-bond acceptors (Lipinski definition) is 3. The molecule has 2 aliphatic carbocycles. The standard InChI is InChI=1S/C17H20F2N2O3/c18-11-3-4-12(14(19)6-11)17(24)20-7-15(23)21-16-10-2-1-9(5-10)13(16)8-22/h3-4,6,9-10,13,16,22H,1-2,5,7-8H2,(H,20,24)(H,21,23). The van der Waals surface area contributed by atoms with E-state index in [-0.39, 0.29) is 36.6 Å². The second kappa shape index (κ2) is 6.84. The Bertz CT molecular complexity index is 653. The van der Waals surface area contributed by atoms with E-state index >= 15 is 0 Å². The van der Waals surface area contributed by atoms with E-state index in [0.717, 1.165) is 31.4 Å². The highest BCUT2D eigenvalue weighted by Gasteiger charge is 2.47. The molecule has 0 radical (unpaired) electrons. The zero-order valence-corrected chi connectivity index (χ0v) is 13.1. The maximum atomic E-state index is 13.5. The largest absolute Gasteiger partial charge is 0.396 e. The van der Waals surface area contributed by atoms with Gasteiger partial charge in [-0.3, -0.25) is 9.59 Å². The lowest BCUT2D eigenvalue weighted by Gasteiger charge is -2.30. The zero-order valence-electron chi connectivity index (χ0n) is 13.1. The van der Waals surface area contributed by atoms with E-state index in [1.54, 1.807) is 0 Å². The summed E-state index contributed by atoms with van der Waals surface area (Å²) >= 11 is 0. The number of benzene rings is 1. The molecule has 2 saturated carbocycles. The average molecular weight is 338 g/mol. The van der Waals surface area contributed by atoms with Crippen LogP contribution in [0.15, 0.2) is 18.2 Å². The van der Waals surface area contributed by atoms with E-state index in [9.17, 15) is 23.5 Å². The van der Waals surface area contributed by atoms with Crippen LogP contribution in [0.1, 0.15) is 29.6 Å². The van der Waals surface area contributed by atoms with Gasteiger partial charge in [0.05, 0.1) is 12.1 Å². The molecule has 0 heterocycles. The molecule has 7 heteroatoms. The van der Waals surface area contributed by atoms with Crippen molar-refractivity contribution in [1.29, 1.82) is 0 Å². The van der Waals surface area contributed by atoms with E-state index < -0.39 is 17.5 Å². The fraction of sp³-hybridized carbons (Fsp3) is 0.529. The van der Waals surface area contributed by atoms with Gasteiger partial charge in [0, 0.05) is 24.6 Å². The fourth-order valence-corrected chi connectivity index (χ4v) is 4.06. The Morgan fingerprint density at radius 1 is 1.21 bits per heavy atom. The second-order valence-electron chi connectivity index (χ2n) is 6.58. The number of amides is 2. The lowest BCUT2D eigenvalue weighted by molar-refractivity contribution is -0.121. The van der Waals surface area contributed by atoms with Crippen LogP contribution < -0.4 is 10.6 Å². The van der Waals surface area contributed by atoms with Crippen LogP contribution in [0.3, 0.4) is 0 Å². The van der Waals surface area contributed by atoms with Crippen LogP contribution in [-0.2, 0) is 4.79 Å². The molecular formula is C17H20F2N2O3. The highest BCUT2D eigenvalue weighted by molar-refractivity contribution is 5.96. The van der Waals surface area contributed by atoms with Gasteiger partial charge < -0.3 is 15.7 Å². The number of nitrogens with one attached hydrogen (secondary N) is 2. The molecule has 1 aromatic carbocycles. The van der Waals surface area contributed by atoms with E-state index in [1.165, 1.54) is 0 Å². The van der Waals surface area contributed by atoms with Crippen LogP contribution in [0, 0.1) is 29.4 Å². The van der Waals surface area contributed by atoms with Crippen molar-refractivity contribution in [3.8, 4) is 0 Å². The summed E-state index contributed by atoms with van der Waals surface area (Å²) in [6, 6.07) is 2.57. The summed E-state index contributed by atoms with van der Waals surface area (Å²) in [4.78, 5) is 23.9. The Morgan fingerprint density at radius 3 is 2.67 bits per heavy atom. The van der Waals surface area contributed by atoms with Gasteiger partial charge in [-0.1, -0.05) is 0 Å². The van der Waals surface area contributed by atoms with Crippen molar-refractivity contribution >= 4 is 11.8 Å². The van der Waals surface area contributed by atoms with Crippen molar-refractivity contribution in [3.05, 3.63) is 35.4 Å². The van der Waals surface area contributed by atoms with Gasteiger partial charge in [0.15, 0.2) is 0 Å². The summed E-state index contributed by atoms with van der Waals surface area (Å²) in [5.41, 5.74) is -0.308. The molecule has 0 aromatic heterocycles. The minimum Gasteiger partial charge on any atom is -0.396 e. The third-order valence-corrected chi connectivity index (χ3v) is 5.21. The van der Waals surface area contributed by atoms with Crippen molar-refractivity contribution in [2.24, 2.45) is 17.8 Å². The number of rotatable bonds is 5. The van der Waals surface area contributed by atoms with Gasteiger partial charge in [0.25, 0.3) is 5.91 Å². The third-order valence-electron chi connectivity index (χ3n) is 5.21. The van der Waals surface area contributed by atoms with Gasteiger partial charge in [-0.05, 0) is 43.2 Å². The van der Waals surface area contributed by atoms with E-state index in [1.807, 2.05) is 0 Å². The van der Waals surface area contributed by atoms with E-state index in [2.05, 4.69) is 10.6 Å². The first kappa shape index (κ1) is 16.8. The molecule has 1 aromatic rings. The van der Waals surface area contributed by atoms with Crippen LogP contribution in [0.4, 0.5) is 8.78 Å². The van der Waals surface area contributed by atoms with Gasteiger partial charge in [-0.25, -0.2) is 8.78 Å². The molecule has 2 aliphatic rings. The lowest BCUT2D eigenvalue weighted by Crippen LogP contribution is -2.48. The maximum Gasteiger partial charge on any atom is 0.254 e. The zero-order chi connectivity index (χ0) is 17.3. The van der Waals surface area contributed by atoms with Crippen LogP contribution in [0.5, 0.6) is 0 Å². The van der Waals surface area contributed by atoms with Crippen molar-refractivity contribution in [2.75, 3.05) is 13.2 Å². The summed E-state index contributed by atoms with van der Waals surface area (Å²) < 4.78 is 26.4. The smallest absolute Gasteiger partial charge is 0.254 e. The van der Waals surface area contributed by atoms with Crippen molar-refractivity contribution in [2.45, 2.75) is 25.3 Å². The van der Waals surface area contributed by atoms with Crippen LogP contribution in [0.2, 0.25) is 0 Å². The second-order valence-corrected chi connectivity index (χ2v) is 6.58. The highest BCUT2D eigenvalue weighted by Crippen LogP contribution is 2.48. The number of carbonyl (C=O) groups excluding carboxylic acids is 2. The van der Waals surface area contributed by atoms with Gasteiger partial charge in [-0.2, -0.15) is 0 Å². The van der Waals surface area contributed by atoms with E-state index in [0.29, 0.717) is 17.9 Å². The van der Waals surface area contributed by atoms with Gasteiger partial charge in [0.1, 0.15) is 11.6 Å². The van der Waals surface area contributed by atoms with Gasteiger partial charge in [-0.15, -0.1) is 0 Å². The monoisotopic (exact) mass is 338 g/mol. The molecule has 0 aliphatic heterocycles. The lowest BCUT2D eigenvalue weighted by atomic mass is 9.85. The molecular weight excluding hydrogens is 318 g/mol. The normalized spacial score (nSPS) is 28.0. The van der Waals surface area contributed by atoms with Crippen LogP contribution in [0.25, 0.3) is 0 Å². The number of carbonyl (C=O) groups is 2. The number of fused-ring (bicyclic) bond motifs is 2. The van der Waals surface area contributed by atoms with E-state index in [4.69, 9.17) is 0 Å². The molecule has 0 saturated heterocycles. The minimum atomic E-state index is -0.971. The Hall–Kier alpha value is -2.02. The molecule has 2 amide bonds. The summed E-state index contributed by atoms with van der Waals surface area (Å²) in [5, 5.41) is 14.7. The number of aliphatic hydroxyl groups is 1. The first-order valence-corrected chi connectivity index (χ1v) is 8.13.